The third-order valence-electron chi connectivity index (χ3n) is 4.86. The van der Waals surface area contributed by atoms with Gasteiger partial charge in [-0.25, -0.2) is 9.78 Å². The van der Waals surface area contributed by atoms with Crippen LogP contribution in [0.15, 0.2) is 60.8 Å². The average Bonchev–Trinajstić information content (AvgIpc) is 2.86. The number of anilines is 1. The van der Waals surface area contributed by atoms with Crippen molar-refractivity contribution in [3.63, 3.8) is 0 Å². The van der Waals surface area contributed by atoms with Gasteiger partial charge < -0.3 is 10.1 Å². The van der Waals surface area contributed by atoms with Crippen LogP contribution in [0.1, 0.15) is 58.2 Å². The first-order valence-corrected chi connectivity index (χ1v) is 12.1. The van der Waals surface area contributed by atoms with Crippen LogP contribution in [0.2, 0.25) is 5.02 Å². The number of nitrogens with zero attached hydrogens (tertiary/aromatic N) is 1. The molecule has 0 aliphatic heterocycles. The van der Waals surface area contributed by atoms with Crippen LogP contribution in [0.3, 0.4) is 0 Å². The topological polar surface area (TPSA) is 133 Å². The second-order valence-corrected chi connectivity index (χ2v) is 9.77. The Hall–Kier alpha value is -4.89. The van der Waals surface area contributed by atoms with Gasteiger partial charge in [0, 0.05) is 22.9 Å². The molecule has 4 N–H and O–H groups in total. The van der Waals surface area contributed by atoms with Crippen molar-refractivity contribution >= 4 is 41.3 Å². The molecule has 0 radical (unpaired) electrons. The largest absolute Gasteiger partial charge is 0.444 e. The second-order valence-electron chi connectivity index (χ2n) is 9.37. The second kappa shape index (κ2) is 12.5. The molecule has 3 amide bonds. The third-order valence-corrected chi connectivity index (χ3v) is 5.19. The number of pyridine rings is 1. The molecule has 2 aromatic carbocycles. The predicted octanol–water partition coefficient (Wildman–Crippen LogP) is 5.60. The van der Waals surface area contributed by atoms with E-state index < -0.39 is 46.8 Å². The highest BCUT2D eigenvalue weighted by Gasteiger charge is 2.32. The van der Waals surface area contributed by atoms with E-state index >= 15 is 0 Å². The number of carbonyl (C=O) groups excluding carboxylic acids is 3. The minimum atomic E-state index is -4.81. The van der Waals surface area contributed by atoms with Gasteiger partial charge in [0.1, 0.15) is 11.4 Å². The molecule has 0 atom stereocenters. The molecule has 0 fully saturated rings. The Labute approximate surface area is 238 Å². The molecule has 0 saturated heterocycles. The Bertz CT molecular complexity index is 1560. The highest BCUT2D eigenvalue weighted by Crippen LogP contribution is 2.30. The maximum Gasteiger partial charge on any atom is 0.416 e. The lowest BCUT2D eigenvalue weighted by Crippen LogP contribution is -2.45. The van der Waals surface area contributed by atoms with Gasteiger partial charge in [-0.15, -0.1) is 0 Å². The van der Waals surface area contributed by atoms with Gasteiger partial charge in [-0.3, -0.25) is 25.6 Å². The van der Waals surface area contributed by atoms with E-state index in [9.17, 15) is 27.6 Å². The van der Waals surface area contributed by atoms with Gasteiger partial charge in [-0.1, -0.05) is 29.5 Å². The molecule has 0 unspecified atom stereocenters. The third kappa shape index (κ3) is 9.36. The molecule has 0 bridgehead atoms. The number of ether oxygens (including phenoxy) is 1. The number of rotatable bonds is 3. The maximum atomic E-state index is 13.6. The van der Waals surface area contributed by atoms with Crippen LogP contribution < -0.4 is 16.0 Å². The average molecular weight is 586 g/mol. The number of hydrogen-bond donors (Lipinski definition) is 4. The smallest absolute Gasteiger partial charge is 0.416 e. The number of halogens is 4. The lowest BCUT2D eigenvalue weighted by molar-refractivity contribution is -0.137. The molecule has 212 valence electrons. The zero-order chi connectivity index (χ0) is 30.4. The number of aromatic nitrogens is 1. The summed E-state index contributed by atoms with van der Waals surface area (Å²) in [5, 5.41) is 14.4. The number of hydrogen-bond acceptors (Lipinski definition) is 6. The summed E-state index contributed by atoms with van der Waals surface area (Å²) in [6.45, 7) is 4.76. The standard InChI is InChI=1S/C28H23ClF3N5O4/c1-27(2,3)41-26(40)37-25(33)36-23(38)18-12-17(13-19(15-18)28(30,31)32)8-7-16-9-10-21(29)20(14-16)24(39)35-22-6-4-5-11-34-22/h4-6,9-15H,1-3H3,(H,34,35,39)(H3,33,36,37,38,40). The van der Waals surface area contributed by atoms with E-state index in [1.807, 2.05) is 10.6 Å². The van der Waals surface area contributed by atoms with E-state index in [2.05, 4.69) is 22.1 Å². The van der Waals surface area contributed by atoms with Gasteiger partial charge in [0.2, 0.25) is 5.96 Å². The summed E-state index contributed by atoms with van der Waals surface area (Å²) in [6, 6.07) is 11.6. The fourth-order valence-corrected chi connectivity index (χ4v) is 3.36. The molecule has 0 aliphatic rings. The number of nitrogens with one attached hydrogen (secondary N) is 4. The van der Waals surface area contributed by atoms with Crippen LogP contribution in [0, 0.1) is 17.3 Å². The summed E-state index contributed by atoms with van der Waals surface area (Å²) in [4.78, 5) is 41.1. The Morgan fingerprint density at radius 2 is 1.63 bits per heavy atom. The number of guanidine groups is 1. The zero-order valence-electron chi connectivity index (χ0n) is 21.9. The van der Waals surface area contributed by atoms with E-state index in [4.69, 9.17) is 21.7 Å². The molecule has 3 aromatic rings. The fraction of sp³-hybridized carbons (Fsp3) is 0.179. The predicted molar refractivity (Wildman–Crippen MR) is 146 cm³/mol. The first-order valence-electron chi connectivity index (χ1n) is 11.8. The van der Waals surface area contributed by atoms with Crippen LogP contribution in [0.25, 0.3) is 0 Å². The highest BCUT2D eigenvalue weighted by atomic mass is 35.5. The molecule has 0 saturated carbocycles. The molecule has 41 heavy (non-hydrogen) atoms. The molecular weight excluding hydrogens is 563 g/mol. The highest BCUT2D eigenvalue weighted by molar-refractivity contribution is 6.34. The van der Waals surface area contributed by atoms with Crippen LogP contribution >= 0.6 is 11.6 Å². The van der Waals surface area contributed by atoms with Gasteiger partial charge >= 0.3 is 12.3 Å². The van der Waals surface area contributed by atoms with Crippen LogP contribution in [0.5, 0.6) is 0 Å². The Morgan fingerprint density at radius 3 is 2.27 bits per heavy atom. The molecule has 1 heterocycles. The molecule has 13 heteroatoms. The first-order chi connectivity index (χ1) is 19.1. The molecule has 1 aromatic heterocycles. The molecular formula is C28H23ClF3N5O4. The lowest BCUT2D eigenvalue weighted by atomic mass is 10.0. The van der Waals surface area contributed by atoms with Gasteiger partial charge in [-0.2, -0.15) is 13.2 Å². The number of alkyl carbamates (subject to hydrolysis) is 1. The number of carbonyl (C=O) groups is 3. The Balaban J connectivity index is 1.85. The van der Waals surface area contributed by atoms with Crippen molar-refractivity contribution in [1.82, 2.24) is 15.6 Å². The van der Waals surface area contributed by atoms with Gasteiger partial charge in [0.15, 0.2) is 0 Å². The van der Waals surface area contributed by atoms with Crippen molar-refractivity contribution in [2.75, 3.05) is 5.32 Å². The lowest BCUT2D eigenvalue weighted by Gasteiger charge is -2.19. The Kier molecular flexibility index (Phi) is 9.36. The summed E-state index contributed by atoms with van der Waals surface area (Å²) in [7, 11) is 0. The number of benzene rings is 2. The van der Waals surface area contributed by atoms with Crippen LogP contribution in [0.4, 0.5) is 23.8 Å². The minimum Gasteiger partial charge on any atom is -0.444 e. The normalized spacial score (nSPS) is 11.0. The van der Waals surface area contributed by atoms with Crippen molar-refractivity contribution in [3.05, 3.63) is 93.6 Å². The van der Waals surface area contributed by atoms with Gasteiger partial charge in [0.05, 0.1) is 16.1 Å². The van der Waals surface area contributed by atoms with Gasteiger partial charge in [0.25, 0.3) is 11.8 Å². The number of alkyl halides is 3. The van der Waals surface area contributed by atoms with Crippen LogP contribution in [-0.4, -0.2) is 34.5 Å². The minimum absolute atomic E-state index is 0.0595. The summed E-state index contributed by atoms with van der Waals surface area (Å²) in [6.07, 6.45) is -4.36. The van der Waals surface area contributed by atoms with E-state index in [1.54, 1.807) is 39.0 Å². The molecule has 0 spiro atoms. The molecule has 0 aliphatic carbocycles. The fourth-order valence-electron chi connectivity index (χ4n) is 3.16. The zero-order valence-corrected chi connectivity index (χ0v) is 22.6. The van der Waals surface area contributed by atoms with E-state index in [-0.39, 0.29) is 27.5 Å². The van der Waals surface area contributed by atoms with Crippen molar-refractivity contribution in [3.8, 4) is 11.8 Å². The maximum absolute atomic E-state index is 13.6. The van der Waals surface area contributed by atoms with Crippen molar-refractivity contribution in [2.24, 2.45) is 0 Å². The quantitative estimate of drug-likeness (QED) is 0.180. The first kappa shape index (κ1) is 30.6. The SMILES string of the molecule is CC(C)(C)OC(=O)NC(=N)NC(=O)c1cc(C#Cc2ccc(Cl)c(C(=O)Nc3ccccn3)c2)cc(C(F)(F)F)c1. The van der Waals surface area contributed by atoms with Crippen LogP contribution in [-0.2, 0) is 10.9 Å². The van der Waals surface area contributed by atoms with Crippen molar-refractivity contribution in [2.45, 2.75) is 32.5 Å². The summed E-state index contributed by atoms with van der Waals surface area (Å²) in [5.74, 6) is 3.04. The monoisotopic (exact) mass is 585 g/mol. The van der Waals surface area contributed by atoms with E-state index in [1.165, 1.54) is 24.4 Å². The van der Waals surface area contributed by atoms with Crippen molar-refractivity contribution < 1.29 is 32.3 Å². The number of amides is 3. The van der Waals surface area contributed by atoms with Gasteiger partial charge in [-0.05, 0) is 69.3 Å². The summed E-state index contributed by atoms with van der Waals surface area (Å²) >= 11 is 6.16. The van der Waals surface area contributed by atoms with E-state index in [0.29, 0.717) is 6.07 Å². The summed E-state index contributed by atoms with van der Waals surface area (Å²) < 4.78 is 45.7. The summed E-state index contributed by atoms with van der Waals surface area (Å²) in [5.41, 5.74) is -2.36. The Morgan fingerprint density at radius 1 is 0.927 bits per heavy atom. The molecule has 9 nitrogen and oxygen atoms in total. The van der Waals surface area contributed by atoms with E-state index in [0.717, 1.165) is 12.1 Å². The van der Waals surface area contributed by atoms with Crippen molar-refractivity contribution in [1.29, 1.82) is 5.41 Å². The molecule has 3 rings (SSSR count).